The lowest BCUT2D eigenvalue weighted by molar-refractivity contribution is -0.122. The molecule has 3 aliphatic heterocycles. The van der Waals surface area contributed by atoms with Gasteiger partial charge in [-0.3, -0.25) is 24.4 Å². The van der Waals surface area contributed by atoms with Gasteiger partial charge < -0.3 is 15.2 Å². The predicted molar refractivity (Wildman–Crippen MR) is 154 cm³/mol. The number of aromatic nitrogens is 1. The summed E-state index contributed by atoms with van der Waals surface area (Å²) in [4.78, 5) is 48.6. The van der Waals surface area contributed by atoms with Crippen molar-refractivity contribution in [2.45, 2.75) is 50.6 Å². The number of halogens is 2. The lowest BCUT2D eigenvalue weighted by atomic mass is 9.63. The van der Waals surface area contributed by atoms with Crippen LogP contribution in [-0.2, 0) is 15.0 Å². The third-order valence-electron chi connectivity index (χ3n) is 8.58. The fourth-order valence-corrected chi connectivity index (χ4v) is 7.18. The van der Waals surface area contributed by atoms with E-state index in [-0.39, 0.29) is 45.8 Å². The number of benzene rings is 2. The van der Waals surface area contributed by atoms with E-state index in [1.165, 1.54) is 36.3 Å². The van der Waals surface area contributed by atoms with Crippen LogP contribution in [0.3, 0.4) is 0 Å². The van der Waals surface area contributed by atoms with Gasteiger partial charge in [-0.05, 0) is 53.8 Å². The van der Waals surface area contributed by atoms with Crippen LogP contribution in [0.4, 0.5) is 15.8 Å². The van der Waals surface area contributed by atoms with Crippen molar-refractivity contribution in [2.24, 2.45) is 5.41 Å². The Hall–Kier alpha value is -4.02. The largest absolute Gasteiger partial charge is 0.495 e. The number of anilines is 2. The Morgan fingerprint density at radius 3 is 2.67 bits per heavy atom. The molecule has 0 bridgehead atoms. The van der Waals surface area contributed by atoms with E-state index in [1.807, 2.05) is 4.90 Å². The summed E-state index contributed by atoms with van der Waals surface area (Å²) in [6, 6.07) is 10.9. The molecule has 4 heterocycles. The van der Waals surface area contributed by atoms with Crippen LogP contribution in [0.5, 0.6) is 5.75 Å². The van der Waals surface area contributed by atoms with E-state index in [1.54, 1.807) is 30.5 Å². The maximum Gasteiger partial charge on any atom is 0.335 e. The lowest BCUT2D eigenvalue weighted by Crippen LogP contribution is -2.52. The molecule has 0 saturated carbocycles. The number of methoxy groups -OCH3 is 1. The fraction of sp³-hybridized carbons (Fsp3) is 0.355. The fourth-order valence-electron chi connectivity index (χ4n) is 7.00. The molecule has 2 N–H and O–H groups in total. The highest BCUT2D eigenvalue weighted by Crippen LogP contribution is 2.61. The van der Waals surface area contributed by atoms with Crippen molar-refractivity contribution in [3.05, 3.63) is 82.4 Å². The molecule has 3 aliphatic rings. The van der Waals surface area contributed by atoms with Gasteiger partial charge in [0.25, 0.3) is 0 Å². The Kier molecular flexibility index (Phi) is 6.54. The Morgan fingerprint density at radius 1 is 1.21 bits per heavy atom. The molecule has 1 aromatic heterocycles. The van der Waals surface area contributed by atoms with E-state index in [0.29, 0.717) is 23.5 Å². The summed E-state index contributed by atoms with van der Waals surface area (Å²) in [6.45, 7) is 6.23. The van der Waals surface area contributed by atoms with Crippen molar-refractivity contribution in [1.82, 2.24) is 9.88 Å². The number of carbonyl (C=O) groups excluding carboxylic acids is 2. The van der Waals surface area contributed by atoms with Crippen LogP contribution < -0.4 is 15.0 Å². The molecule has 2 aromatic carbocycles. The maximum atomic E-state index is 16.0. The molecule has 9 nitrogen and oxygen atoms in total. The number of carboxylic acids is 1. The van der Waals surface area contributed by atoms with Crippen molar-refractivity contribution in [3.63, 3.8) is 0 Å². The van der Waals surface area contributed by atoms with Crippen molar-refractivity contribution in [3.8, 4) is 5.75 Å². The number of ether oxygens (including phenoxy) is 1. The van der Waals surface area contributed by atoms with Crippen molar-refractivity contribution < 1.29 is 28.6 Å². The molecule has 218 valence electrons. The highest BCUT2D eigenvalue weighted by atomic mass is 35.5. The first-order valence-electron chi connectivity index (χ1n) is 13.6. The second-order valence-corrected chi connectivity index (χ2v) is 12.6. The van der Waals surface area contributed by atoms with Crippen LogP contribution in [0.25, 0.3) is 0 Å². The number of rotatable bonds is 5. The molecule has 1 spiro atoms. The average Bonchev–Trinajstić information content (AvgIpc) is 3.52. The smallest absolute Gasteiger partial charge is 0.335 e. The lowest BCUT2D eigenvalue weighted by Gasteiger charge is -2.39. The van der Waals surface area contributed by atoms with Crippen LogP contribution >= 0.6 is 11.6 Å². The highest BCUT2D eigenvalue weighted by molar-refractivity contribution is 6.30. The summed E-state index contributed by atoms with van der Waals surface area (Å²) in [5.41, 5.74) is -0.123. The molecule has 3 aromatic rings. The van der Waals surface area contributed by atoms with Crippen LogP contribution in [0.1, 0.15) is 54.7 Å². The van der Waals surface area contributed by atoms with E-state index in [0.717, 1.165) is 0 Å². The van der Waals surface area contributed by atoms with Crippen LogP contribution in [-0.4, -0.2) is 58.6 Å². The molecule has 11 heteroatoms. The summed E-state index contributed by atoms with van der Waals surface area (Å²) in [6.07, 6.45) is 2.09. The minimum atomic E-state index is -1.39. The predicted octanol–water partition coefficient (Wildman–Crippen LogP) is 5.05. The van der Waals surface area contributed by atoms with Gasteiger partial charge in [0.15, 0.2) is 0 Å². The second kappa shape index (κ2) is 9.78. The van der Waals surface area contributed by atoms with E-state index < -0.39 is 35.2 Å². The number of carboxylic acid groups (broad SMARTS) is 1. The third-order valence-corrected chi connectivity index (χ3v) is 8.87. The molecular weight excluding hydrogens is 563 g/mol. The second-order valence-electron chi connectivity index (χ2n) is 12.2. The number of aromatic carboxylic acids is 1. The first-order chi connectivity index (χ1) is 19.9. The van der Waals surface area contributed by atoms with E-state index in [4.69, 9.17) is 16.3 Å². The van der Waals surface area contributed by atoms with Gasteiger partial charge in [0.2, 0.25) is 11.8 Å². The van der Waals surface area contributed by atoms with Crippen LogP contribution in [0.2, 0.25) is 5.02 Å². The Labute approximate surface area is 247 Å². The van der Waals surface area contributed by atoms with Gasteiger partial charge in [0.1, 0.15) is 17.0 Å². The SMILES string of the molecule is COc1cc(C(=O)O)ccc1N1CN2[C@@H](CC(C)(C)C)C3(C(=O)Nc4cccnc43)[C@@H](c3cccc(Cl)c3F)[C@@H]2C1=O. The van der Waals surface area contributed by atoms with Gasteiger partial charge in [-0.1, -0.05) is 44.5 Å². The maximum absolute atomic E-state index is 16.0. The van der Waals surface area contributed by atoms with Crippen LogP contribution in [0.15, 0.2) is 54.7 Å². The normalized spacial score (nSPS) is 25.1. The number of nitrogens with zero attached hydrogens (tertiary/aromatic N) is 3. The summed E-state index contributed by atoms with van der Waals surface area (Å²) in [5, 5.41) is 12.4. The summed E-state index contributed by atoms with van der Waals surface area (Å²) in [5.74, 6) is -3.29. The number of fused-ring (bicyclic) bond motifs is 3. The van der Waals surface area contributed by atoms with Gasteiger partial charge in [-0.2, -0.15) is 0 Å². The zero-order valence-electron chi connectivity index (χ0n) is 23.5. The zero-order chi connectivity index (χ0) is 30.1. The number of carbonyl (C=O) groups is 3. The summed E-state index contributed by atoms with van der Waals surface area (Å²) in [7, 11) is 1.40. The summed E-state index contributed by atoms with van der Waals surface area (Å²) >= 11 is 6.29. The number of hydrogen-bond donors (Lipinski definition) is 2. The van der Waals surface area contributed by atoms with Gasteiger partial charge in [0, 0.05) is 18.2 Å². The molecule has 6 rings (SSSR count). The number of amides is 2. The zero-order valence-corrected chi connectivity index (χ0v) is 24.3. The average molecular weight is 593 g/mol. The molecule has 0 radical (unpaired) electrons. The molecular formula is C31H30ClFN4O5. The Bertz CT molecular complexity index is 1640. The van der Waals surface area contributed by atoms with Gasteiger partial charge >= 0.3 is 5.97 Å². The Morgan fingerprint density at radius 2 is 1.98 bits per heavy atom. The standard InChI is InChI=1S/C31H30ClFN4O5/c1-30(2,3)14-22-31(26-19(35-29(31)41)9-6-12-34-26)23(17-7-5-8-18(32)24(17)33)25-27(38)36(15-37(22)25)20-11-10-16(28(39)40)13-21(20)42-4/h5-13,22-23,25H,14-15H2,1-4H3,(H,35,41)(H,39,40)/t22-,23-,25+,31?/m0/s1. The molecule has 2 saturated heterocycles. The highest BCUT2D eigenvalue weighted by Gasteiger charge is 2.72. The van der Waals surface area contributed by atoms with Crippen molar-refractivity contribution in [1.29, 1.82) is 0 Å². The number of pyridine rings is 1. The minimum Gasteiger partial charge on any atom is -0.495 e. The van der Waals surface area contributed by atoms with Gasteiger partial charge in [-0.15, -0.1) is 0 Å². The molecule has 1 unspecified atom stereocenters. The quantitative estimate of drug-likeness (QED) is 0.426. The molecule has 2 fully saturated rings. The van der Waals surface area contributed by atoms with Crippen LogP contribution in [0, 0.1) is 11.2 Å². The van der Waals surface area contributed by atoms with E-state index in [2.05, 4.69) is 31.1 Å². The van der Waals surface area contributed by atoms with Gasteiger partial charge in [0.05, 0.1) is 47.5 Å². The van der Waals surface area contributed by atoms with Crippen molar-refractivity contribution in [2.75, 3.05) is 24.0 Å². The first kappa shape index (κ1) is 28.1. The number of hydrogen-bond acceptors (Lipinski definition) is 6. The topological polar surface area (TPSA) is 112 Å². The molecule has 2 amide bonds. The minimum absolute atomic E-state index is 0.0106. The monoisotopic (exact) mass is 592 g/mol. The van der Waals surface area contributed by atoms with Crippen molar-refractivity contribution >= 4 is 40.8 Å². The molecule has 42 heavy (non-hydrogen) atoms. The molecule has 0 aliphatic carbocycles. The first-order valence-corrected chi connectivity index (χ1v) is 14.0. The van der Waals surface area contributed by atoms with Gasteiger partial charge in [-0.25, -0.2) is 9.18 Å². The Balaban J connectivity index is 1.59. The third kappa shape index (κ3) is 3.99. The van der Waals surface area contributed by atoms with E-state index in [9.17, 15) is 19.5 Å². The summed E-state index contributed by atoms with van der Waals surface area (Å²) < 4.78 is 21.5. The van der Waals surface area contributed by atoms with E-state index >= 15 is 4.39 Å². The number of nitrogens with one attached hydrogen (secondary N) is 1. The molecule has 4 atom stereocenters.